The van der Waals surface area contributed by atoms with Crippen LogP contribution in [0.5, 0.6) is 0 Å². The molecule has 0 aromatic heterocycles. The van der Waals surface area contributed by atoms with Gasteiger partial charge in [0.2, 0.25) is 11.8 Å². The fraction of sp³-hybridized carbons (Fsp3) is 0.727. The van der Waals surface area contributed by atoms with E-state index in [2.05, 4.69) is 5.32 Å². The van der Waals surface area contributed by atoms with Crippen molar-refractivity contribution in [1.82, 2.24) is 10.2 Å². The highest BCUT2D eigenvalue weighted by atomic mass is 32.2. The number of thioether (sulfide) groups is 1. The van der Waals surface area contributed by atoms with Crippen molar-refractivity contribution in [2.75, 3.05) is 18.2 Å². The lowest BCUT2D eigenvalue weighted by molar-refractivity contribution is -0.148. The summed E-state index contributed by atoms with van der Waals surface area (Å²) >= 11 is 1.45. The first kappa shape index (κ1) is 14.8. The second kappa shape index (κ2) is 6.08. The SMILES string of the molecule is CCC(CC)(NC(=O)CN1CSCC1=O)C(=O)O. The Morgan fingerprint density at radius 1 is 1.44 bits per heavy atom. The Bertz CT molecular complexity index is 355. The molecule has 0 atom stereocenters. The van der Waals surface area contributed by atoms with Crippen LogP contribution in [0.4, 0.5) is 0 Å². The first-order valence-corrected chi connectivity index (χ1v) is 7.00. The van der Waals surface area contributed by atoms with Gasteiger partial charge in [-0.1, -0.05) is 13.8 Å². The summed E-state index contributed by atoms with van der Waals surface area (Å²) in [5.74, 6) is -0.660. The van der Waals surface area contributed by atoms with E-state index < -0.39 is 17.4 Å². The Hall–Kier alpha value is -1.24. The van der Waals surface area contributed by atoms with Gasteiger partial charge in [0.1, 0.15) is 12.1 Å². The standard InChI is InChI=1S/C11H18N2O4S/c1-3-11(4-2,10(16)17)12-8(14)5-13-7-18-6-9(13)15/h3-7H2,1-2H3,(H,12,14)(H,16,17). The number of nitrogens with zero attached hydrogens (tertiary/aromatic N) is 1. The van der Waals surface area contributed by atoms with Crippen LogP contribution >= 0.6 is 11.8 Å². The maximum absolute atomic E-state index is 11.8. The Balaban J connectivity index is 2.62. The molecule has 0 unspecified atom stereocenters. The minimum atomic E-state index is -1.23. The van der Waals surface area contributed by atoms with Gasteiger partial charge in [0.05, 0.1) is 11.6 Å². The third kappa shape index (κ3) is 3.16. The van der Waals surface area contributed by atoms with E-state index in [-0.39, 0.29) is 12.5 Å². The van der Waals surface area contributed by atoms with E-state index in [1.165, 1.54) is 16.7 Å². The molecule has 0 radical (unpaired) electrons. The van der Waals surface area contributed by atoms with E-state index >= 15 is 0 Å². The minimum Gasteiger partial charge on any atom is -0.480 e. The second-order valence-corrected chi connectivity index (χ2v) is 5.17. The summed E-state index contributed by atoms with van der Waals surface area (Å²) in [6, 6.07) is 0. The quantitative estimate of drug-likeness (QED) is 0.726. The molecule has 1 saturated heterocycles. The van der Waals surface area contributed by atoms with Gasteiger partial charge < -0.3 is 15.3 Å². The van der Waals surface area contributed by atoms with Gasteiger partial charge in [-0.2, -0.15) is 0 Å². The van der Waals surface area contributed by atoms with E-state index in [4.69, 9.17) is 0 Å². The van der Waals surface area contributed by atoms with Crippen molar-refractivity contribution in [3.8, 4) is 0 Å². The van der Waals surface area contributed by atoms with Crippen molar-refractivity contribution in [2.45, 2.75) is 32.2 Å². The van der Waals surface area contributed by atoms with Crippen LogP contribution in [0.25, 0.3) is 0 Å². The number of hydrogen-bond acceptors (Lipinski definition) is 4. The average Bonchev–Trinajstić information content (AvgIpc) is 2.71. The Morgan fingerprint density at radius 3 is 2.44 bits per heavy atom. The molecule has 6 nitrogen and oxygen atoms in total. The number of nitrogens with one attached hydrogen (secondary N) is 1. The lowest BCUT2D eigenvalue weighted by atomic mass is 9.93. The van der Waals surface area contributed by atoms with Crippen molar-refractivity contribution < 1.29 is 19.5 Å². The smallest absolute Gasteiger partial charge is 0.329 e. The van der Waals surface area contributed by atoms with Gasteiger partial charge >= 0.3 is 5.97 Å². The van der Waals surface area contributed by atoms with Gasteiger partial charge in [-0.25, -0.2) is 4.79 Å². The predicted molar refractivity (Wildman–Crippen MR) is 68.1 cm³/mol. The molecular weight excluding hydrogens is 256 g/mol. The topological polar surface area (TPSA) is 86.7 Å². The van der Waals surface area contributed by atoms with Gasteiger partial charge in [0.15, 0.2) is 0 Å². The van der Waals surface area contributed by atoms with E-state index in [0.29, 0.717) is 24.5 Å². The number of carboxylic acids is 1. The van der Waals surface area contributed by atoms with Crippen LogP contribution in [0, 0.1) is 0 Å². The summed E-state index contributed by atoms with van der Waals surface area (Å²) in [5.41, 5.74) is -1.23. The zero-order valence-corrected chi connectivity index (χ0v) is 11.4. The van der Waals surface area contributed by atoms with Crippen molar-refractivity contribution in [3.63, 3.8) is 0 Å². The third-order valence-electron chi connectivity index (χ3n) is 3.16. The average molecular weight is 274 g/mol. The fourth-order valence-electron chi connectivity index (χ4n) is 1.80. The fourth-order valence-corrected chi connectivity index (χ4v) is 2.71. The minimum absolute atomic E-state index is 0.0686. The van der Waals surface area contributed by atoms with E-state index in [1.807, 2.05) is 0 Å². The predicted octanol–water partition coefficient (Wildman–Crippen LogP) is 0.279. The van der Waals surface area contributed by atoms with Gasteiger partial charge in [0.25, 0.3) is 0 Å². The largest absolute Gasteiger partial charge is 0.480 e. The number of amides is 2. The molecule has 1 fully saturated rings. The molecule has 1 aliphatic rings. The molecule has 0 aromatic carbocycles. The molecule has 0 spiro atoms. The maximum atomic E-state index is 11.8. The van der Waals surface area contributed by atoms with Crippen molar-refractivity contribution in [2.24, 2.45) is 0 Å². The summed E-state index contributed by atoms with van der Waals surface area (Å²) < 4.78 is 0. The van der Waals surface area contributed by atoms with Crippen LogP contribution in [0.15, 0.2) is 0 Å². The molecule has 0 aliphatic carbocycles. The number of hydrogen-bond donors (Lipinski definition) is 2. The van der Waals surface area contributed by atoms with E-state index in [9.17, 15) is 19.5 Å². The second-order valence-electron chi connectivity index (χ2n) is 4.21. The summed E-state index contributed by atoms with van der Waals surface area (Å²) in [6.45, 7) is 3.37. The summed E-state index contributed by atoms with van der Waals surface area (Å²) in [4.78, 5) is 35.8. The molecule has 1 aliphatic heterocycles. The normalized spacial score (nSPS) is 15.9. The van der Waals surface area contributed by atoms with Crippen LogP contribution in [-0.2, 0) is 14.4 Å². The van der Waals surface area contributed by atoms with Crippen molar-refractivity contribution in [1.29, 1.82) is 0 Å². The van der Waals surface area contributed by atoms with Gasteiger partial charge in [0, 0.05) is 0 Å². The molecule has 102 valence electrons. The molecular formula is C11H18N2O4S. The number of aliphatic carboxylic acids is 1. The van der Waals surface area contributed by atoms with Gasteiger partial charge in [-0.3, -0.25) is 9.59 Å². The highest BCUT2D eigenvalue weighted by molar-refractivity contribution is 8.00. The van der Waals surface area contributed by atoms with Crippen LogP contribution in [0.2, 0.25) is 0 Å². The summed E-state index contributed by atoms with van der Waals surface area (Å²) in [6.07, 6.45) is 0.626. The molecule has 0 aromatic rings. The van der Waals surface area contributed by atoms with Crippen LogP contribution in [0.1, 0.15) is 26.7 Å². The first-order valence-electron chi connectivity index (χ1n) is 5.85. The number of carbonyl (C=O) groups excluding carboxylic acids is 2. The molecule has 2 N–H and O–H groups in total. The molecule has 0 saturated carbocycles. The first-order chi connectivity index (χ1) is 8.45. The molecule has 0 bridgehead atoms. The molecule has 1 rings (SSSR count). The summed E-state index contributed by atoms with van der Waals surface area (Å²) in [7, 11) is 0. The van der Waals surface area contributed by atoms with Crippen LogP contribution in [-0.4, -0.2) is 51.5 Å². The Labute approximate surface area is 110 Å². The molecule has 7 heteroatoms. The number of carbonyl (C=O) groups is 3. The number of rotatable bonds is 6. The lowest BCUT2D eigenvalue weighted by Gasteiger charge is -2.29. The van der Waals surface area contributed by atoms with Crippen LogP contribution < -0.4 is 5.32 Å². The van der Waals surface area contributed by atoms with Gasteiger partial charge in [-0.15, -0.1) is 11.8 Å². The molecule has 18 heavy (non-hydrogen) atoms. The Morgan fingerprint density at radius 2 is 2.06 bits per heavy atom. The van der Waals surface area contributed by atoms with Crippen LogP contribution in [0.3, 0.4) is 0 Å². The zero-order chi connectivity index (χ0) is 13.8. The number of carboxylic acid groups (broad SMARTS) is 1. The Kier molecular flexibility index (Phi) is 5.01. The molecule has 1 heterocycles. The maximum Gasteiger partial charge on any atom is 0.329 e. The van der Waals surface area contributed by atoms with Gasteiger partial charge in [-0.05, 0) is 12.8 Å². The highest BCUT2D eigenvalue weighted by Crippen LogP contribution is 2.17. The molecule has 2 amide bonds. The monoisotopic (exact) mass is 274 g/mol. The highest BCUT2D eigenvalue weighted by Gasteiger charge is 2.37. The summed E-state index contributed by atoms with van der Waals surface area (Å²) in [5, 5.41) is 11.7. The lowest BCUT2D eigenvalue weighted by Crippen LogP contribution is -2.56. The third-order valence-corrected chi connectivity index (χ3v) is 4.10. The van der Waals surface area contributed by atoms with Crippen molar-refractivity contribution in [3.05, 3.63) is 0 Å². The zero-order valence-electron chi connectivity index (χ0n) is 10.6. The van der Waals surface area contributed by atoms with E-state index in [1.54, 1.807) is 13.8 Å². The van der Waals surface area contributed by atoms with Crippen molar-refractivity contribution >= 4 is 29.5 Å². The van der Waals surface area contributed by atoms with E-state index in [0.717, 1.165) is 0 Å².